The Bertz CT molecular complexity index is 487. The van der Waals surface area contributed by atoms with E-state index in [0.29, 0.717) is 5.02 Å². The highest BCUT2D eigenvalue weighted by Gasteiger charge is 2.03. The van der Waals surface area contributed by atoms with Crippen molar-refractivity contribution in [3.05, 3.63) is 35.6 Å². The van der Waals surface area contributed by atoms with Crippen LogP contribution in [-0.4, -0.2) is 18.3 Å². The van der Waals surface area contributed by atoms with Crippen molar-refractivity contribution < 1.29 is 0 Å². The molecular formula is C11H11ClN2S. The van der Waals surface area contributed by atoms with E-state index in [4.69, 9.17) is 11.6 Å². The summed E-state index contributed by atoms with van der Waals surface area (Å²) in [7, 11) is 2.03. The molecule has 0 N–H and O–H groups in total. The average molecular weight is 239 g/mol. The van der Waals surface area contributed by atoms with E-state index in [0.717, 1.165) is 16.5 Å². The van der Waals surface area contributed by atoms with E-state index in [-0.39, 0.29) is 0 Å². The van der Waals surface area contributed by atoms with E-state index in [1.54, 1.807) is 18.1 Å². The molecule has 0 atom stereocenters. The lowest BCUT2D eigenvalue weighted by Crippen LogP contribution is -2.04. The first-order valence-corrected chi connectivity index (χ1v) is 6.09. The van der Waals surface area contributed by atoms with Crippen molar-refractivity contribution in [2.24, 2.45) is 0 Å². The molecule has 0 aliphatic carbocycles. The molecule has 0 unspecified atom stereocenters. The number of anilines is 1. The summed E-state index contributed by atoms with van der Waals surface area (Å²) in [5.74, 6) is 0. The Balaban J connectivity index is 2.59. The van der Waals surface area contributed by atoms with E-state index in [1.807, 2.05) is 25.6 Å². The third-order valence-corrected chi connectivity index (χ3v) is 3.39. The van der Waals surface area contributed by atoms with Crippen LogP contribution in [0.4, 0.5) is 5.69 Å². The molecule has 2 nitrogen and oxygen atoms in total. The number of hydrogen-bond donors (Lipinski definition) is 0. The summed E-state index contributed by atoms with van der Waals surface area (Å²) in [6.07, 6.45) is 5.54. The summed E-state index contributed by atoms with van der Waals surface area (Å²) < 4.78 is 2.09. The molecule has 1 aromatic carbocycles. The van der Waals surface area contributed by atoms with Crippen LogP contribution in [0, 0.1) is 0 Å². The van der Waals surface area contributed by atoms with Crippen molar-refractivity contribution in [3.63, 3.8) is 0 Å². The zero-order valence-electron chi connectivity index (χ0n) is 8.57. The summed E-state index contributed by atoms with van der Waals surface area (Å²) in [5, 5.41) is 2.81. The molecule has 15 heavy (non-hydrogen) atoms. The zero-order chi connectivity index (χ0) is 10.8. The summed E-state index contributed by atoms with van der Waals surface area (Å²) in [6.45, 7) is 0. The molecule has 1 heterocycles. The van der Waals surface area contributed by atoms with Gasteiger partial charge in [0.25, 0.3) is 0 Å². The minimum absolute atomic E-state index is 0.698. The Kier molecular flexibility index (Phi) is 3.03. The van der Waals surface area contributed by atoms with E-state index < -0.39 is 0 Å². The first kappa shape index (κ1) is 10.6. The molecule has 0 radical (unpaired) electrons. The van der Waals surface area contributed by atoms with Crippen LogP contribution in [-0.2, 0) is 0 Å². The number of nitrogens with zero attached hydrogens (tertiary/aromatic N) is 2. The number of pyridine rings is 1. The second-order valence-corrected chi connectivity index (χ2v) is 4.53. The van der Waals surface area contributed by atoms with Crippen LogP contribution in [0.25, 0.3) is 10.8 Å². The van der Waals surface area contributed by atoms with Gasteiger partial charge < -0.3 is 4.31 Å². The largest absolute Gasteiger partial charge is 0.320 e. The third kappa shape index (κ3) is 2.03. The van der Waals surface area contributed by atoms with E-state index in [1.165, 1.54) is 0 Å². The number of benzene rings is 1. The minimum Gasteiger partial charge on any atom is -0.320 e. The molecular weight excluding hydrogens is 228 g/mol. The van der Waals surface area contributed by atoms with Crippen LogP contribution in [0.5, 0.6) is 0 Å². The molecule has 4 heteroatoms. The average Bonchev–Trinajstić information content (AvgIpc) is 2.28. The third-order valence-electron chi connectivity index (χ3n) is 2.33. The Hall–Kier alpha value is -0.930. The van der Waals surface area contributed by atoms with Crippen molar-refractivity contribution in [1.82, 2.24) is 4.98 Å². The minimum atomic E-state index is 0.698. The monoisotopic (exact) mass is 238 g/mol. The van der Waals surface area contributed by atoms with Crippen LogP contribution < -0.4 is 4.31 Å². The number of halogens is 1. The van der Waals surface area contributed by atoms with Gasteiger partial charge in [-0.05, 0) is 12.1 Å². The maximum Gasteiger partial charge on any atom is 0.0668 e. The molecule has 0 spiro atoms. The standard InChI is InChI=1S/C11H11ClN2S/c1-14(15-2)9-4-3-8-6-13-7-11(12)10(8)5-9/h3-7H,1-2H3. The lowest BCUT2D eigenvalue weighted by atomic mass is 10.1. The Morgan fingerprint density at radius 1 is 1.33 bits per heavy atom. The van der Waals surface area contributed by atoms with Gasteiger partial charge in [-0.15, -0.1) is 0 Å². The van der Waals surface area contributed by atoms with Crippen molar-refractivity contribution in [1.29, 1.82) is 0 Å². The molecule has 78 valence electrons. The molecule has 0 aliphatic rings. The van der Waals surface area contributed by atoms with Gasteiger partial charge in [0, 0.05) is 42.2 Å². The van der Waals surface area contributed by atoms with E-state index in [9.17, 15) is 0 Å². The lowest BCUT2D eigenvalue weighted by Gasteiger charge is -2.15. The van der Waals surface area contributed by atoms with Gasteiger partial charge in [0.2, 0.25) is 0 Å². The van der Waals surface area contributed by atoms with Crippen molar-refractivity contribution >= 4 is 40.0 Å². The molecule has 0 amide bonds. The highest BCUT2D eigenvalue weighted by Crippen LogP contribution is 2.28. The Morgan fingerprint density at radius 2 is 2.13 bits per heavy atom. The van der Waals surface area contributed by atoms with Gasteiger partial charge in [-0.1, -0.05) is 29.6 Å². The van der Waals surface area contributed by atoms with Crippen molar-refractivity contribution in [2.75, 3.05) is 17.6 Å². The quantitative estimate of drug-likeness (QED) is 0.744. The highest BCUT2D eigenvalue weighted by atomic mass is 35.5. The van der Waals surface area contributed by atoms with Gasteiger partial charge in [-0.25, -0.2) is 0 Å². The second kappa shape index (κ2) is 4.29. The van der Waals surface area contributed by atoms with E-state index >= 15 is 0 Å². The summed E-state index contributed by atoms with van der Waals surface area (Å²) in [5.41, 5.74) is 1.14. The van der Waals surface area contributed by atoms with Gasteiger partial charge in [0.05, 0.1) is 5.02 Å². The highest BCUT2D eigenvalue weighted by molar-refractivity contribution is 7.99. The van der Waals surface area contributed by atoms with Crippen molar-refractivity contribution in [2.45, 2.75) is 0 Å². The van der Waals surface area contributed by atoms with Crippen LogP contribution >= 0.6 is 23.5 Å². The number of hydrogen-bond acceptors (Lipinski definition) is 3. The van der Waals surface area contributed by atoms with Gasteiger partial charge in [-0.2, -0.15) is 0 Å². The molecule has 0 aliphatic heterocycles. The Labute approximate surface area is 98.4 Å². The fourth-order valence-corrected chi connectivity index (χ4v) is 1.96. The maximum absolute atomic E-state index is 6.09. The first-order valence-electron chi connectivity index (χ1n) is 4.53. The number of fused-ring (bicyclic) bond motifs is 1. The summed E-state index contributed by atoms with van der Waals surface area (Å²) in [6, 6.07) is 6.18. The fourth-order valence-electron chi connectivity index (χ4n) is 1.42. The van der Waals surface area contributed by atoms with Crippen LogP contribution in [0.1, 0.15) is 0 Å². The fraction of sp³-hybridized carbons (Fsp3) is 0.182. The molecule has 0 saturated heterocycles. The summed E-state index contributed by atoms with van der Waals surface area (Å²) >= 11 is 7.76. The first-order chi connectivity index (χ1) is 7.22. The summed E-state index contributed by atoms with van der Waals surface area (Å²) in [4.78, 5) is 4.06. The van der Waals surface area contributed by atoms with Gasteiger partial charge in [-0.3, -0.25) is 4.98 Å². The zero-order valence-corrected chi connectivity index (χ0v) is 10.1. The number of aromatic nitrogens is 1. The molecule has 0 fully saturated rings. The molecule has 1 aromatic heterocycles. The van der Waals surface area contributed by atoms with Gasteiger partial charge in [0.1, 0.15) is 0 Å². The van der Waals surface area contributed by atoms with Crippen LogP contribution in [0.15, 0.2) is 30.6 Å². The lowest BCUT2D eigenvalue weighted by molar-refractivity contribution is 1.35. The molecule has 2 rings (SSSR count). The van der Waals surface area contributed by atoms with Crippen LogP contribution in [0.2, 0.25) is 5.02 Å². The maximum atomic E-state index is 6.09. The second-order valence-electron chi connectivity index (χ2n) is 3.21. The van der Waals surface area contributed by atoms with Crippen LogP contribution in [0.3, 0.4) is 0 Å². The predicted molar refractivity (Wildman–Crippen MR) is 68.7 cm³/mol. The molecule has 0 saturated carbocycles. The number of rotatable bonds is 2. The smallest absolute Gasteiger partial charge is 0.0668 e. The predicted octanol–water partition coefficient (Wildman–Crippen LogP) is 3.60. The van der Waals surface area contributed by atoms with Crippen molar-refractivity contribution in [3.8, 4) is 0 Å². The van der Waals surface area contributed by atoms with Gasteiger partial charge >= 0.3 is 0 Å². The van der Waals surface area contributed by atoms with Gasteiger partial charge in [0.15, 0.2) is 0 Å². The topological polar surface area (TPSA) is 16.1 Å². The van der Waals surface area contributed by atoms with E-state index in [2.05, 4.69) is 21.4 Å². The normalized spacial score (nSPS) is 10.6. The SMILES string of the molecule is CSN(C)c1ccc2cncc(Cl)c2c1. The Morgan fingerprint density at radius 3 is 2.87 bits per heavy atom. The molecule has 2 aromatic rings. The molecule has 0 bridgehead atoms.